The second kappa shape index (κ2) is 5.85. The molecule has 0 spiro atoms. The van der Waals surface area contributed by atoms with E-state index in [-0.39, 0.29) is 6.10 Å². The fraction of sp³-hybridized carbons (Fsp3) is 0.625. The van der Waals surface area contributed by atoms with Crippen LogP contribution in [0.3, 0.4) is 0 Å². The fourth-order valence-corrected chi connectivity index (χ4v) is 2.56. The Balaban J connectivity index is 1.89. The Labute approximate surface area is 111 Å². The Bertz CT molecular complexity index is 398. The average molecular weight is 247 g/mol. The Morgan fingerprint density at radius 1 is 1.28 bits per heavy atom. The molecule has 0 radical (unpaired) electrons. The smallest absolute Gasteiger partial charge is 0.0916 e. The number of likely N-dealkylation sites (N-methyl/N-ethyl adjacent to an activating group) is 1. The van der Waals surface area contributed by atoms with Gasteiger partial charge in [0.25, 0.3) is 0 Å². The number of aliphatic hydroxyl groups excluding tert-OH is 1. The molecule has 2 heteroatoms. The fourth-order valence-electron chi connectivity index (χ4n) is 2.56. The standard InChI is InChI=1S/C16H25NO/c1-12-7-8-15(9-13(12)2)16(18)11-17(3)10-14-5-4-6-14/h7-9,14,16,18H,4-6,10-11H2,1-3H3. The summed E-state index contributed by atoms with van der Waals surface area (Å²) in [5.41, 5.74) is 3.58. The molecule has 1 aromatic carbocycles. The van der Waals surface area contributed by atoms with Gasteiger partial charge in [0.1, 0.15) is 0 Å². The lowest BCUT2D eigenvalue weighted by atomic mass is 9.85. The van der Waals surface area contributed by atoms with Gasteiger partial charge >= 0.3 is 0 Å². The summed E-state index contributed by atoms with van der Waals surface area (Å²) in [5.74, 6) is 0.863. The molecule has 1 aliphatic carbocycles. The van der Waals surface area contributed by atoms with E-state index in [0.717, 1.165) is 24.6 Å². The monoisotopic (exact) mass is 247 g/mol. The number of aliphatic hydroxyl groups is 1. The summed E-state index contributed by atoms with van der Waals surface area (Å²) in [6.07, 6.45) is 3.75. The van der Waals surface area contributed by atoms with E-state index in [1.165, 1.54) is 30.4 Å². The lowest BCUT2D eigenvalue weighted by Crippen LogP contribution is -2.32. The van der Waals surface area contributed by atoms with Crippen LogP contribution >= 0.6 is 0 Å². The van der Waals surface area contributed by atoms with Gasteiger partial charge in [-0.2, -0.15) is 0 Å². The highest BCUT2D eigenvalue weighted by molar-refractivity contribution is 5.31. The third kappa shape index (κ3) is 3.33. The molecule has 0 heterocycles. The van der Waals surface area contributed by atoms with Crippen molar-refractivity contribution >= 4 is 0 Å². The van der Waals surface area contributed by atoms with Crippen molar-refractivity contribution in [2.75, 3.05) is 20.1 Å². The van der Waals surface area contributed by atoms with E-state index in [2.05, 4.69) is 37.9 Å². The number of hydrogen-bond donors (Lipinski definition) is 1. The molecular formula is C16H25NO. The molecule has 1 saturated carbocycles. The van der Waals surface area contributed by atoms with Crippen molar-refractivity contribution in [2.24, 2.45) is 5.92 Å². The zero-order valence-electron chi connectivity index (χ0n) is 11.8. The molecule has 1 aromatic rings. The van der Waals surface area contributed by atoms with Crippen molar-refractivity contribution in [3.63, 3.8) is 0 Å². The second-order valence-electron chi connectivity index (χ2n) is 5.88. The first-order valence-electron chi connectivity index (χ1n) is 7.00. The Kier molecular flexibility index (Phi) is 4.41. The third-order valence-corrected chi connectivity index (χ3v) is 4.19. The molecule has 1 unspecified atom stereocenters. The maximum absolute atomic E-state index is 10.3. The molecule has 18 heavy (non-hydrogen) atoms. The van der Waals surface area contributed by atoms with Crippen molar-refractivity contribution in [1.29, 1.82) is 0 Å². The van der Waals surface area contributed by atoms with Crippen LogP contribution in [0.5, 0.6) is 0 Å². The summed E-state index contributed by atoms with van der Waals surface area (Å²) >= 11 is 0. The summed E-state index contributed by atoms with van der Waals surface area (Å²) < 4.78 is 0. The molecule has 1 atom stereocenters. The van der Waals surface area contributed by atoms with Crippen LogP contribution in [-0.2, 0) is 0 Å². The van der Waals surface area contributed by atoms with Gasteiger partial charge in [-0.05, 0) is 56.3 Å². The first kappa shape index (κ1) is 13.6. The molecule has 100 valence electrons. The van der Waals surface area contributed by atoms with E-state index in [4.69, 9.17) is 0 Å². The zero-order valence-corrected chi connectivity index (χ0v) is 11.8. The molecule has 0 amide bonds. The highest BCUT2D eigenvalue weighted by Crippen LogP contribution is 2.27. The van der Waals surface area contributed by atoms with Crippen molar-refractivity contribution in [1.82, 2.24) is 4.90 Å². The van der Waals surface area contributed by atoms with Gasteiger partial charge in [0.15, 0.2) is 0 Å². The average Bonchev–Trinajstić information content (AvgIpc) is 2.27. The quantitative estimate of drug-likeness (QED) is 0.864. The normalized spacial score (nSPS) is 17.8. The van der Waals surface area contributed by atoms with Crippen LogP contribution in [0.4, 0.5) is 0 Å². The van der Waals surface area contributed by atoms with Gasteiger partial charge in [-0.15, -0.1) is 0 Å². The van der Waals surface area contributed by atoms with Crippen LogP contribution < -0.4 is 0 Å². The molecule has 1 N–H and O–H groups in total. The van der Waals surface area contributed by atoms with Gasteiger partial charge in [0, 0.05) is 13.1 Å². The molecule has 0 saturated heterocycles. The van der Waals surface area contributed by atoms with E-state index in [0.29, 0.717) is 0 Å². The van der Waals surface area contributed by atoms with E-state index in [1.807, 2.05) is 6.07 Å². The maximum Gasteiger partial charge on any atom is 0.0916 e. The SMILES string of the molecule is Cc1ccc(C(O)CN(C)CC2CCC2)cc1C. The number of aryl methyl sites for hydroxylation is 2. The van der Waals surface area contributed by atoms with Crippen LogP contribution in [0, 0.1) is 19.8 Å². The first-order chi connectivity index (χ1) is 8.56. The van der Waals surface area contributed by atoms with Crippen LogP contribution in [0.1, 0.15) is 42.1 Å². The number of hydrogen-bond acceptors (Lipinski definition) is 2. The molecular weight excluding hydrogens is 222 g/mol. The molecule has 0 bridgehead atoms. The predicted octanol–water partition coefficient (Wildman–Crippen LogP) is 3.07. The molecule has 1 fully saturated rings. The van der Waals surface area contributed by atoms with Crippen LogP contribution in [0.25, 0.3) is 0 Å². The number of benzene rings is 1. The summed E-state index contributed by atoms with van der Waals surface area (Å²) in [4.78, 5) is 2.27. The Morgan fingerprint density at radius 3 is 2.56 bits per heavy atom. The minimum absolute atomic E-state index is 0.366. The first-order valence-corrected chi connectivity index (χ1v) is 7.00. The van der Waals surface area contributed by atoms with Crippen molar-refractivity contribution in [3.05, 3.63) is 34.9 Å². The van der Waals surface area contributed by atoms with E-state index >= 15 is 0 Å². The van der Waals surface area contributed by atoms with Crippen molar-refractivity contribution in [3.8, 4) is 0 Å². The summed E-state index contributed by atoms with van der Waals surface area (Å²) in [5, 5.41) is 10.3. The Hall–Kier alpha value is -0.860. The topological polar surface area (TPSA) is 23.5 Å². The second-order valence-corrected chi connectivity index (χ2v) is 5.88. The van der Waals surface area contributed by atoms with E-state index in [9.17, 15) is 5.11 Å². The van der Waals surface area contributed by atoms with E-state index < -0.39 is 0 Å². The molecule has 1 aliphatic rings. The summed E-state index contributed by atoms with van der Waals surface area (Å²) in [6, 6.07) is 6.25. The van der Waals surface area contributed by atoms with Crippen molar-refractivity contribution in [2.45, 2.75) is 39.2 Å². The minimum atomic E-state index is -0.366. The molecule has 2 rings (SSSR count). The lowest BCUT2D eigenvalue weighted by molar-refractivity contribution is 0.107. The number of rotatable bonds is 5. The van der Waals surface area contributed by atoms with E-state index in [1.54, 1.807) is 0 Å². The predicted molar refractivity (Wildman–Crippen MR) is 75.7 cm³/mol. The largest absolute Gasteiger partial charge is 0.387 e. The lowest BCUT2D eigenvalue weighted by Gasteiger charge is -2.31. The van der Waals surface area contributed by atoms with Gasteiger partial charge in [0.2, 0.25) is 0 Å². The summed E-state index contributed by atoms with van der Waals surface area (Å²) in [7, 11) is 2.11. The van der Waals surface area contributed by atoms with Crippen LogP contribution in [0.2, 0.25) is 0 Å². The summed E-state index contributed by atoms with van der Waals surface area (Å²) in [6.45, 7) is 6.07. The highest BCUT2D eigenvalue weighted by Gasteiger charge is 2.20. The molecule has 0 aliphatic heterocycles. The van der Waals surface area contributed by atoms with Crippen LogP contribution in [-0.4, -0.2) is 30.1 Å². The van der Waals surface area contributed by atoms with Gasteiger partial charge in [-0.3, -0.25) is 0 Å². The minimum Gasteiger partial charge on any atom is -0.387 e. The molecule has 2 nitrogen and oxygen atoms in total. The number of nitrogens with zero attached hydrogens (tertiary/aromatic N) is 1. The Morgan fingerprint density at radius 2 is 2.00 bits per heavy atom. The van der Waals surface area contributed by atoms with Crippen molar-refractivity contribution < 1.29 is 5.11 Å². The highest BCUT2D eigenvalue weighted by atomic mass is 16.3. The van der Waals surface area contributed by atoms with Gasteiger partial charge in [-0.1, -0.05) is 24.6 Å². The van der Waals surface area contributed by atoms with Crippen LogP contribution in [0.15, 0.2) is 18.2 Å². The third-order valence-electron chi connectivity index (χ3n) is 4.19. The zero-order chi connectivity index (χ0) is 13.1. The van der Waals surface area contributed by atoms with Gasteiger partial charge < -0.3 is 10.0 Å². The molecule has 0 aromatic heterocycles. The van der Waals surface area contributed by atoms with Gasteiger partial charge in [0.05, 0.1) is 6.10 Å². The van der Waals surface area contributed by atoms with Gasteiger partial charge in [-0.25, -0.2) is 0 Å². The maximum atomic E-state index is 10.3.